The number of halogens is 4. The van der Waals surface area contributed by atoms with Gasteiger partial charge in [-0.1, -0.05) is 81.1 Å². The maximum Gasteiger partial charge on any atom is 0.330 e. The summed E-state index contributed by atoms with van der Waals surface area (Å²) in [6.45, 7) is 0.550. The lowest BCUT2D eigenvalue weighted by atomic mass is 9.94. The summed E-state index contributed by atoms with van der Waals surface area (Å²) in [5.41, 5.74) is 0.801. The molecule has 13 heteroatoms. The highest BCUT2D eigenvalue weighted by atomic mass is 79.9. The van der Waals surface area contributed by atoms with Crippen LogP contribution in [0.25, 0.3) is 0 Å². The third-order valence-corrected chi connectivity index (χ3v) is 8.48. The lowest BCUT2D eigenvalue weighted by Gasteiger charge is -2.44. The van der Waals surface area contributed by atoms with Crippen LogP contribution in [0, 0.1) is 0 Å². The molecular weight excluding hydrogens is 583 g/mol. The molecule has 1 unspecified atom stereocenters. The summed E-state index contributed by atoms with van der Waals surface area (Å²) < 4.78 is 7.47. The van der Waals surface area contributed by atoms with Gasteiger partial charge in [0.25, 0.3) is 0 Å². The van der Waals surface area contributed by atoms with E-state index in [1.807, 2.05) is 30.3 Å². The molecule has 0 aromatic heterocycles. The van der Waals surface area contributed by atoms with Crippen LogP contribution in [0.4, 0.5) is 0 Å². The maximum atomic E-state index is 13.0. The molecule has 0 spiro atoms. The number of amides is 2. The van der Waals surface area contributed by atoms with Crippen molar-refractivity contribution in [1.82, 2.24) is 10.2 Å². The minimum atomic E-state index is -1.83. The highest BCUT2D eigenvalue weighted by Crippen LogP contribution is 2.52. The first kappa shape index (κ1) is 26.4. The molecule has 2 heterocycles. The Labute approximate surface area is 218 Å². The van der Waals surface area contributed by atoms with Crippen LogP contribution < -0.4 is 5.32 Å². The average molecular weight is 603 g/mol. The number of fused-ring (bicyclic) bond motifs is 1. The van der Waals surface area contributed by atoms with Gasteiger partial charge in [0.05, 0.1) is 11.2 Å². The summed E-state index contributed by atoms with van der Waals surface area (Å²) in [6, 6.07) is 7.14. The van der Waals surface area contributed by atoms with Crippen molar-refractivity contribution >= 4 is 86.2 Å². The zero-order valence-electron chi connectivity index (χ0n) is 17.3. The predicted molar refractivity (Wildman–Crippen MR) is 128 cm³/mol. The van der Waals surface area contributed by atoms with Crippen molar-refractivity contribution in [2.24, 2.45) is 0 Å². The number of thioether (sulfide) groups is 1. The van der Waals surface area contributed by atoms with Gasteiger partial charge in [0.15, 0.2) is 0 Å². The molecule has 2 saturated heterocycles. The highest BCUT2D eigenvalue weighted by molar-refractivity contribution is 9.09. The number of β-lactam (4-membered cyclic amide) rings is 1. The number of ether oxygens (including phenoxy) is 2. The number of nitrogens with zero attached hydrogens (tertiary/aromatic N) is 1. The van der Waals surface area contributed by atoms with Gasteiger partial charge in [0, 0.05) is 12.3 Å². The van der Waals surface area contributed by atoms with Crippen molar-refractivity contribution in [3.05, 3.63) is 35.9 Å². The molecule has 33 heavy (non-hydrogen) atoms. The van der Waals surface area contributed by atoms with Gasteiger partial charge < -0.3 is 19.7 Å². The Balaban J connectivity index is 1.78. The van der Waals surface area contributed by atoms with Crippen LogP contribution in [0.2, 0.25) is 0 Å². The van der Waals surface area contributed by atoms with Gasteiger partial charge in [-0.3, -0.25) is 14.4 Å². The molecule has 0 saturated carbocycles. The van der Waals surface area contributed by atoms with Crippen LogP contribution in [-0.4, -0.2) is 73.2 Å². The monoisotopic (exact) mass is 600 g/mol. The van der Waals surface area contributed by atoms with Crippen LogP contribution >= 0.6 is 62.5 Å². The molecule has 180 valence electrons. The first-order valence-electron chi connectivity index (χ1n) is 9.73. The number of esters is 2. The number of carbonyl (C=O) groups is 4. The first-order valence-corrected chi connectivity index (χ1v) is 12.9. The largest absolute Gasteiger partial charge is 0.464 e. The quantitative estimate of drug-likeness (QED) is 0.277. The molecule has 2 aliphatic rings. The molecule has 2 aliphatic heterocycles. The van der Waals surface area contributed by atoms with E-state index < -0.39 is 50.4 Å². The Morgan fingerprint density at radius 2 is 1.88 bits per heavy atom. The summed E-state index contributed by atoms with van der Waals surface area (Å²) in [4.78, 5) is 51.2. The Hall–Kier alpha value is -1.20. The third-order valence-electron chi connectivity index (χ3n) is 5.08. The molecule has 0 radical (unpaired) electrons. The lowest BCUT2D eigenvalue weighted by Crippen LogP contribution is -2.71. The van der Waals surface area contributed by atoms with E-state index in [1.54, 1.807) is 0 Å². The second kappa shape index (κ2) is 10.6. The summed E-state index contributed by atoms with van der Waals surface area (Å²) in [5, 5.41) is 2.37. The topological polar surface area (TPSA) is 102 Å². The maximum absolute atomic E-state index is 13.0. The number of benzene rings is 1. The molecule has 2 fully saturated rings. The van der Waals surface area contributed by atoms with Crippen molar-refractivity contribution in [3.8, 4) is 0 Å². The van der Waals surface area contributed by atoms with Gasteiger partial charge in [-0.15, -0.1) is 11.8 Å². The standard InChI is InChI=1S/C20H20BrCl3N2O6S/c1-11(27)31-9-19(8-21)15(18(30)32-10-20(22,23)24)26-16(29)14(17(26)33-19)25-13(28)7-12-5-3-2-4-6-12/h2-6,14-15,17H,7-10H2,1H3,(H,25,28)/t14?,15-,17-,19+/m0/s1. The summed E-state index contributed by atoms with van der Waals surface area (Å²) in [7, 11) is 0. The Bertz CT molecular complexity index is 934. The van der Waals surface area contributed by atoms with E-state index in [0.29, 0.717) is 0 Å². The molecule has 4 atom stereocenters. The molecule has 3 rings (SSSR count). The Morgan fingerprint density at radius 1 is 1.21 bits per heavy atom. The molecule has 0 aliphatic carbocycles. The number of rotatable bonds is 8. The van der Waals surface area contributed by atoms with Crippen LogP contribution in [0.15, 0.2) is 30.3 Å². The number of hydrogen-bond acceptors (Lipinski definition) is 7. The van der Waals surface area contributed by atoms with E-state index in [2.05, 4.69) is 21.2 Å². The van der Waals surface area contributed by atoms with E-state index in [0.717, 1.165) is 5.56 Å². The Morgan fingerprint density at radius 3 is 2.45 bits per heavy atom. The molecule has 8 nitrogen and oxygen atoms in total. The minimum absolute atomic E-state index is 0.105. The minimum Gasteiger partial charge on any atom is -0.464 e. The third kappa shape index (κ3) is 6.08. The van der Waals surface area contributed by atoms with E-state index in [-0.39, 0.29) is 24.3 Å². The van der Waals surface area contributed by atoms with Crippen LogP contribution in [0.1, 0.15) is 12.5 Å². The molecule has 1 N–H and O–H groups in total. The van der Waals surface area contributed by atoms with Gasteiger partial charge in [0.1, 0.15) is 30.7 Å². The highest BCUT2D eigenvalue weighted by Gasteiger charge is 2.67. The van der Waals surface area contributed by atoms with Crippen molar-refractivity contribution < 1.29 is 28.7 Å². The van der Waals surface area contributed by atoms with E-state index in [1.165, 1.54) is 23.6 Å². The average Bonchev–Trinajstić information content (AvgIpc) is 3.06. The fourth-order valence-electron chi connectivity index (χ4n) is 3.62. The smallest absolute Gasteiger partial charge is 0.330 e. The zero-order chi connectivity index (χ0) is 24.4. The lowest BCUT2D eigenvalue weighted by molar-refractivity contribution is -0.165. The van der Waals surface area contributed by atoms with Gasteiger partial charge >= 0.3 is 11.9 Å². The van der Waals surface area contributed by atoms with Crippen LogP contribution in [0.3, 0.4) is 0 Å². The van der Waals surface area contributed by atoms with Crippen LogP contribution in [-0.2, 0) is 35.1 Å². The normalized spacial score (nSPS) is 26.3. The van der Waals surface area contributed by atoms with E-state index in [4.69, 9.17) is 44.3 Å². The summed E-state index contributed by atoms with van der Waals surface area (Å²) in [5.74, 6) is -2.12. The zero-order valence-corrected chi connectivity index (χ0v) is 21.9. The van der Waals surface area contributed by atoms with E-state index >= 15 is 0 Å². The number of hydrogen-bond donors (Lipinski definition) is 1. The number of alkyl halides is 4. The van der Waals surface area contributed by atoms with E-state index in [9.17, 15) is 19.2 Å². The first-order chi connectivity index (χ1) is 15.5. The number of carbonyl (C=O) groups excluding carboxylic acids is 4. The van der Waals surface area contributed by atoms with Gasteiger partial charge in [-0.2, -0.15) is 0 Å². The van der Waals surface area contributed by atoms with Crippen molar-refractivity contribution in [2.75, 3.05) is 18.5 Å². The summed E-state index contributed by atoms with van der Waals surface area (Å²) in [6.07, 6.45) is 0.105. The SMILES string of the molecule is CC(=O)OC[C@@]1(CBr)S[C@H]2C(NC(=O)Cc3ccccc3)C(=O)N2[C@H]1C(=O)OCC(Cl)(Cl)Cl. The van der Waals surface area contributed by atoms with Gasteiger partial charge in [-0.25, -0.2) is 4.79 Å². The van der Waals surface area contributed by atoms with Crippen molar-refractivity contribution in [2.45, 2.75) is 39.3 Å². The van der Waals surface area contributed by atoms with Crippen molar-refractivity contribution in [3.63, 3.8) is 0 Å². The van der Waals surface area contributed by atoms with Crippen molar-refractivity contribution in [1.29, 1.82) is 0 Å². The summed E-state index contributed by atoms with van der Waals surface area (Å²) >= 11 is 21.7. The number of nitrogens with one attached hydrogen (secondary N) is 1. The van der Waals surface area contributed by atoms with Gasteiger partial charge in [-0.05, 0) is 5.56 Å². The molecule has 1 aromatic rings. The molecule has 2 amide bonds. The Kier molecular flexibility index (Phi) is 8.48. The fraction of sp³-hybridized carbons (Fsp3) is 0.500. The van der Waals surface area contributed by atoms with Gasteiger partial charge in [0.2, 0.25) is 15.6 Å². The predicted octanol–water partition coefficient (Wildman–Crippen LogP) is 2.61. The molecular formula is C20H20BrCl3N2O6S. The second-order valence-electron chi connectivity index (χ2n) is 7.57. The van der Waals surface area contributed by atoms with Crippen LogP contribution in [0.5, 0.6) is 0 Å². The fourth-order valence-corrected chi connectivity index (χ4v) is 6.32. The second-order valence-corrected chi connectivity index (χ2v) is 12.2. The molecule has 1 aromatic carbocycles. The molecule has 0 bridgehead atoms.